The second kappa shape index (κ2) is 5.09. The fraction of sp³-hybridized carbons (Fsp3) is 0.417. The van der Waals surface area contributed by atoms with Crippen LogP contribution in [0.5, 0.6) is 0 Å². The second-order valence-corrected chi connectivity index (χ2v) is 3.87. The third-order valence-corrected chi connectivity index (χ3v) is 2.52. The number of hydrogen-bond donors (Lipinski definition) is 1. The van der Waals surface area contributed by atoms with Crippen molar-refractivity contribution in [2.24, 2.45) is 5.92 Å². The van der Waals surface area contributed by atoms with E-state index < -0.39 is 18.6 Å². The summed E-state index contributed by atoms with van der Waals surface area (Å²) in [5.74, 6) is -1.98. The third-order valence-electron chi connectivity index (χ3n) is 2.52. The third kappa shape index (κ3) is 3.38. The van der Waals surface area contributed by atoms with Gasteiger partial charge in [0, 0.05) is 12.2 Å². The van der Waals surface area contributed by atoms with E-state index in [1.54, 1.807) is 0 Å². The van der Waals surface area contributed by atoms with Crippen LogP contribution < -0.4 is 5.32 Å². The van der Waals surface area contributed by atoms with Gasteiger partial charge in [-0.15, -0.1) is 0 Å². The van der Waals surface area contributed by atoms with Gasteiger partial charge in [0.25, 0.3) is 0 Å². The van der Waals surface area contributed by atoms with E-state index in [0.29, 0.717) is 5.69 Å². The molecule has 0 radical (unpaired) electrons. The molecule has 1 N–H and O–H groups in total. The van der Waals surface area contributed by atoms with E-state index >= 15 is 0 Å². The Kier molecular flexibility index (Phi) is 4.00. The van der Waals surface area contributed by atoms with Crippen LogP contribution in [0.1, 0.15) is 11.1 Å². The molecule has 0 aromatic heterocycles. The topological polar surface area (TPSA) is 35.8 Å². The molecule has 0 aliphatic rings. The predicted octanol–water partition coefficient (Wildman–Crippen LogP) is 3.42. The molecule has 0 spiro atoms. The molecule has 92 valence electrons. The summed E-state index contributed by atoms with van der Waals surface area (Å²) in [5, 5.41) is 11.2. The number of benzene rings is 1. The molecule has 0 aliphatic carbocycles. The normalized spacial score (nSPS) is 12.9. The van der Waals surface area contributed by atoms with Gasteiger partial charge in [0.1, 0.15) is 0 Å². The maximum atomic E-state index is 12.4. The van der Waals surface area contributed by atoms with E-state index in [1.165, 1.54) is 6.07 Å². The minimum absolute atomic E-state index is 0.425. The lowest BCUT2D eigenvalue weighted by atomic mass is 10.1. The Labute approximate surface area is 98.1 Å². The van der Waals surface area contributed by atoms with Crippen LogP contribution in [-0.4, -0.2) is 12.7 Å². The van der Waals surface area contributed by atoms with Gasteiger partial charge in [-0.1, -0.05) is 18.2 Å². The molecular formula is C12H13F3N2. The Balaban J connectivity index is 2.78. The Bertz CT molecular complexity index is 412. The number of anilines is 1. The highest BCUT2D eigenvalue weighted by Gasteiger charge is 2.39. The average Bonchev–Trinajstić information content (AvgIpc) is 2.20. The molecule has 0 saturated carbocycles. The van der Waals surface area contributed by atoms with Gasteiger partial charge in [0.05, 0.1) is 6.07 Å². The van der Waals surface area contributed by atoms with Crippen molar-refractivity contribution in [2.45, 2.75) is 20.0 Å². The zero-order valence-electron chi connectivity index (χ0n) is 9.60. The standard InChI is InChI=1S/C12H13F3N2/c1-8-4-3-5-9(2)11(8)17-7-10(6-16)12(13,14)15/h3-5,10,17H,7H2,1-2H3. The number of halogens is 3. The SMILES string of the molecule is Cc1cccc(C)c1NCC(C#N)C(F)(F)F. The molecule has 0 fully saturated rings. The summed E-state index contributed by atoms with van der Waals surface area (Å²) in [5.41, 5.74) is 2.39. The van der Waals surface area contributed by atoms with Gasteiger partial charge in [-0.25, -0.2) is 0 Å². The van der Waals surface area contributed by atoms with Gasteiger partial charge in [-0.3, -0.25) is 0 Å². The number of para-hydroxylation sites is 1. The Morgan fingerprint density at radius 1 is 1.29 bits per heavy atom. The van der Waals surface area contributed by atoms with Crippen LogP contribution in [0.3, 0.4) is 0 Å². The summed E-state index contributed by atoms with van der Waals surface area (Å²) in [6.45, 7) is 3.19. The van der Waals surface area contributed by atoms with Crippen LogP contribution >= 0.6 is 0 Å². The Hall–Kier alpha value is -1.70. The molecular weight excluding hydrogens is 229 g/mol. The van der Waals surface area contributed by atoms with Crippen molar-refractivity contribution in [3.63, 3.8) is 0 Å². The highest BCUT2D eigenvalue weighted by Crippen LogP contribution is 2.27. The van der Waals surface area contributed by atoms with Gasteiger partial charge in [0.2, 0.25) is 0 Å². The maximum absolute atomic E-state index is 12.4. The van der Waals surface area contributed by atoms with E-state index in [2.05, 4.69) is 5.32 Å². The van der Waals surface area contributed by atoms with Crippen molar-refractivity contribution in [2.75, 3.05) is 11.9 Å². The zero-order valence-corrected chi connectivity index (χ0v) is 9.60. The maximum Gasteiger partial charge on any atom is 0.406 e. The number of nitrogens with one attached hydrogen (secondary N) is 1. The van der Waals surface area contributed by atoms with E-state index in [4.69, 9.17) is 5.26 Å². The monoisotopic (exact) mass is 242 g/mol. The zero-order chi connectivity index (χ0) is 13.1. The number of hydrogen-bond acceptors (Lipinski definition) is 2. The molecule has 0 heterocycles. The number of nitrogens with zero attached hydrogens (tertiary/aromatic N) is 1. The fourth-order valence-corrected chi connectivity index (χ4v) is 1.53. The molecule has 17 heavy (non-hydrogen) atoms. The van der Waals surface area contributed by atoms with Gasteiger partial charge in [-0.05, 0) is 25.0 Å². The lowest BCUT2D eigenvalue weighted by Crippen LogP contribution is -2.28. The van der Waals surface area contributed by atoms with Crippen molar-refractivity contribution < 1.29 is 13.2 Å². The number of alkyl halides is 3. The van der Waals surface area contributed by atoms with Crippen LogP contribution in [0.4, 0.5) is 18.9 Å². The highest BCUT2D eigenvalue weighted by molar-refractivity contribution is 5.56. The van der Waals surface area contributed by atoms with E-state index in [1.807, 2.05) is 32.0 Å². The number of rotatable bonds is 3. The van der Waals surface area contributed by atoms with Crippen molar-refractivity contribution in [3.8, 4) is 6.07 Å². The Morgan fingerprint density at radius 2 is 1.82 bits per heavy atom. The van der Waals surface area contributed by atoms with E-state index in [9.17, 15) is 13.2 Å². The summed E-state index contributed by atoms with van der Waals surface area (Å²) in [6.07, 6.45) is -4.49. The summed E-state index contributed by atoms with van der Waals surface area (Å²) in [4.78, 5) is 0. The molecule has 0 amide bonds. The molecule has 5 heteroatoms. The van der Waals surface area contributed by atoms with Crippen LogP contribution in [0.25, 0.3) is 0 Å². The van der Waals surface area contributed by atoms with Crippen LogP contribution in [0, 0.1) is 31.1 Å². The quantitative estimate of drug-likeness (QED) is 0.881. The fourth-order valence-electron chi connectivity index (χ4n) is 1.53. The summed E-state index contributed by atoms with van der Waals surface area (Å²) in [6, 6.07) is 6.72. The first-order valence-electron chi connectivity index (χ1n) is 5.12. The lowest BCUT2D eigenvalue weighted by molar-refractivity contribution is -0.155. The van der Waals surface area contributed by atoms with Crippen LogP contribution in [0.15, 0.2) is 18.2 Å². The van der Waals surface area contributed by atoms with Gasteiger partial charge < -0.3 is 5.32 Å². The van der Waals surface area contributed by atoms with Gasteiger partial charge >= 0.3 is 6.18 Å². The second-order valence-electron chi connectivity index (χ2n) is 3.87. The number of nitriles is 1. The molecule has 1 aromatic carbocycles. The first-order valence-corrected chi connectivity index (χ1v) is 5.12. The smallest absolute Gasteiger partial charge is 0.383 e. The predicted molar refractivity (Wildman–Crippen MR) is 59.6 cm³/mol. The van der Waals surface area contributed by atoms with E-state index in [-0.39, 0.29) is 0 Å². The molecule has 0 saturated heterocycles. The van der Waals surface area contributed by atoms with E-state index in [0.717, 1.165) is 11.1 Å². The summed E-state index contributed by atoms with van der Waals surface area (Å²) >= 11 is 0. The van der Waals surface area contributed by atoms with Crippen molar-refractivity contribution >= 4 is 5.69 Å². The summed E-state index contributed by atoms with van der Waals surface area (Å²) in [7, 11) is 0. The van der Waals surface area contributed by atoms with Crippen LogP contribution in [-0.2, 0) is 0 Å². The van der Waals surface area contributed by atoms with Crippen molar-refractivity contribution in [3.05, 3.63) is 29.3 Å². The molecule has 0 bridgehead atoms. The molecule has 1 atom stereocenters. The molecule has 0 aliphatic heterocycles. The van der Waals surface area contributed by atoms with Gasteiger partial charge in [-0.2, -0.15) is 18.4 Å². The largest absolute Gasteiger partial charge is 0.406 e. The molecule has 1 rings (SSSR count). The first-order chi connectivity index (χ1) is 7.86. The highest BCUT2D eigenvalue weighted by atomic mass is 19.4. The molecule has 2 nitrogen and oxygen atoms in total. The van der Waals surface area contributed by atoms with Gasteiger partial charge in [0.15, 0.2) is 5.92 Å². The van der Waals surface area contributed by atoms with Crippen molar-refractivity contribution in [1.82, 2.24) is 0 Å². The van der Waals surface area contributed by atoms with Crippen molar-refractivity contribution in [1.29, 1.82) is 5.26 Å². The van der Waals surface area contributed by atoms with Crippen LogP contribution in [0.2, 0.25) is 0 Å². The molecule has 1 unspecified atom stereocenters. The minimum atomic E-state index is -4.49. The lowest BCUT2D eigenvalue weighted by Gasteiger charge is -2.17. The average molecular weight is 242 g/mol. The summed E-state index contributed by atoms with van der Waals surface area (Å²) < 4.78 is 37.1. The Morgan fingerprint density at radius 3 is 2.24 bits per heavy atom. The molecule has 1 aromatic rings. The minimum Gasteiger partial charge on any atom is -0.383 e. The number of aryl methyl sites for hydroxylation is 2. The first kappa shape index (κ1) is 13.4.